The highest BCUT2D eigenvalue weighted by molar-refractivity contribution is 6.35. The molecule has 4 aliphatic rings. The van der Waals surface area contributed by atoms with Gasteiger partial charge in [-0.2, -0.15) is 0 Å². The van der Waals surface area contributed by atoms with Crippen LogP contribution in [0.1, 0.15) is 37.7 Å². The van der Waals surface area contributed by atoms with E-state index in [0.29, 0.717) is 45.4 Å². The van der Waals surface area contributed by atoms with Crippen molar-refractivity contribution in [2.24, 2.45) is 11.3 Å². The van der Waals surface area contributed by atoms with Crippen LogP contribution in [-0.4, -0.2) is 94.4 Å². The number of piperidine rings is 1. The maximum atomic E-state index is 11.2. The van der Waals surface area contributed by atoms with Gasteiger partial charge in [0.2, 0.25) is 11.8 Å². The standard InChI is InChI=1S/C33H38Cl2N6O4/c34-25-12-24(13-26(35)14-25)29-9-23(17-39-5-1-22(2-6-39)11-31(42)43)10-30(38-29)45-28-15-36-32(37-16-28)41-8-4-33(21-41)3-7-40(20-33)27-18-44-19-27/h9-10,12-16,22,27H,1-8,11,17-21H2,(H,42,43). The highest BCUT2D eigenvalue weighted by Gasteiger charge is 2.46. The Balaban J connectivity index is 1.05. The number of anilines is 1. The second-order valence-electron chi connectivity index (χ2n) is 13.1. The Bertz CT molecular complexity index is 1510. The molecule has 1 aromatic carbocycles. The number of benzene rings is 1. The highest BCUT2D eigenvalue weighted by atomic mass is 35.5. The van der Waals surface area contributed by atoms with Crippen LogP contribution in [0.3, 0.4) is 0 Å². The third-order valence-corrected chi connectivity index (χ3v) is 10.2. The number of rotatable bonds is 9. The van der Waals surface area contributed by atoms with Crippen molar-refractivity contribution in [3.8, 4) is 22.9 Å². The number of carboxylic acids is 1. The molecule has 4 fully saturated rings. The van der Waals surface area contributed by atoms with Crippen molar-refractivity contribution in [1.82, 2.24) is 24.8 Å². The van der Waals surface area contributed by atoms with Crippen molar-refractivity contribution in [2.75, 3.05) is 57.4 Å². The van der Waals surface area contributed by atoms with E-state index >= 15 is 0 Å². The van der Waals surface area contributed by atoms with Gasteiger partial charge in [-0.1, -0.05) is 23.2 Å². The minimum atomic E-state index is -0.726. The van der Waals surface area contributed by atoms with E-state index in [1.54, 1.807) is 18.5 Å². The van der Waals surface area contributed by atoms with Crippen molar-refractivity contribution >= 4 is 35.1 Å². The van der Waals surface area contributed by atoms with Crippen LogP contribution >= 0.6 is 23.2 Å². The first-order valence-corrected chi connectivity index (χ1v) is 16.5. The topological polar surface area (TPSA) is 104 Å². The molecule has 7 rings (SSSR count). The van der Waals surface area contributed by atoms with Crippen LogP contribution in [0.4, 0.5) is 5.95 Å². The van der Waals surface area contributed by atoms with Gasteiger partial charge in [-0.05, 0) is 81.1 Å². The summed E-state index contributed by atoms with van der Waals surface area (Å²) in [4.78, 5) is 32.6. The smallest absolute Gasteiger partial charge is 0.303 e. The van der Waals surface area contributed by atoms with Crippen LogP contribution in [0.25, 0.3) is 11.3 Å². The molecule has 45 heavy (non-hydrogen) atoms. The van der Waals surface area contributed by atoms with Gasteiger partial charge in [0, 0.05) is 59.7 Å². The van der Waals surface area contributed by atoms with Gasteiger partial charge in [-0.3, -0.25) is 14.6 Å². The highest BCUT2D eigenvalue weighted by Crippen LogP contribution is 2.42. The summed E-state index contributed by atoms with van der Waals surface area (Å²) in [6, 6.07) is 9.93. The lowest BCUT2D eigenvalue weighted by atomic mass is 9.86. The fourth-order valence-electron chi connectivity index (χ4n) is 7.21. The number of nitrogens with zero attached hydrogens (tertiary/aromatic N) is 6. The van der Waals surface area contributed by atoms with E-state index in [2.05, 4.69) is 24.7 Å². The predicted octanol–water partition coefficient (Wildman–Crippen LogP) is 5.63. The average Bonchev–Trinajstić information content (AvgIpc) is 3.59. The van der Waals surface area contributed by atoms with Crippen molar-refractivity contribution in [1.29, 1.82) is 0 Å². The zero-order chi connectivity index (χ0) is 31.0. The summed E-state index contributed by atoms with van der Waals surface area (Å²) in [5.41, 5.74) is 2.83. The number of carbonyl (C=O) groups is 1. The van der Waals surface area contributed by atoms with Crippen LogP contribution in [-0.2, 0) is 16.1 Å². The Kier molecular flexibility index (Phi) is 8.85. The molecule has 0 saturated carbocycles. The fourth-order valence-corrected chi connectivity index (χ4v) is 7.73. The Morgan fingerprint density at radius 1 is 0.978 bits per heavy atom. The number of ether oxygens (including phenoxy) is 2. The molecule has 1 spiro atoms. The predicted molar refractivity (Wildman–Crippen MR) is 172 cm³/mol. The Hall–Kier alpha value is -3.02. The van der Waals surface area contributed by atoms with E-state index in [9.17, 15) is 9.90 Å². The number of hydrogen-bond donors (Lipinski definition) is 1. The summed E-state index contributed by atoms with van der Waals surface area (Å²) in [6.07, 6.45) is 7.77. The molecule has 10 nitrogen and oxygen atoms in total. The monoisotopic (exact) mass is 652 g/mol. The molecule has 1 unspecified atom stereocenters. The Morgan fingerprint density at radius 3 is 2.40 bits per heavy atom. The molecule has 2 aromatic heterocycles. The lowest BCUT2D eigenvalue weighted by Crippen LogP contribution is -2.48. The number of aromatic nitrogens is 3. The SMILES string of the molecule is O=C(O)CC1CCN(Cc2cc(Oc3cnc(N4CCC5(CCN(C6COC6)C5)C4)nc3)nc(-c3cc(Cl)cc(Cl)c3)c2)CC1. The van der Waals surface area contributed by atoms with Crippen molar-refractivity contribution in [2.45, 2.75) is 44.7 Å². The molecule has 3 aromatic rings. The molecule has 12 heteroatoms. The fraction of sp³-hybridized carbons (Fsp3) is 0.515. The van der Waals surface area contributed by atoms with Gasteiger partial charge < -0.3 is 19.5 Å². The molecule has 238 valence electrons. The molecule has 1 N–H and O–H groups in total. The molecular formula is C33H38Cl2N6O4. The quantitative estimate of drug-likeness (QED) is 0.313. The van der Waals surface area contributed by atoms with Crippen LogP contribution in [0.2, 0.25) is 10.0 Å². The molecule has 1 atom stereocenters. The van der Waals surface area contributed by atoms with E-state index in [1.807, 2.05) is 24.3 Å². The van der Waals surface area contributed by atoms with Crippen LogP contribution in [0.15, 0.2) is 42.7 Å². The van der Waals surface area contributed by atoms with E-state index < -0.39 is 5.97 Å². The molecule has 6 heterocycles. The van der Waals surface area contributed by atoms with Crippen LogP contribution < -0.4 is 9.64 Å². The zero-order valence-corrected chi connectivity index (χ0v) is 26.7. The number of pyridine rings is 1. The van der Waals surface area contributed by atoms with E-state index in [4.69, 9.17) is 37.7 Å². The van der Waals surface area contributed by atoms with E-state index in [1.165, 1.54) is 6.42 Å². The zero-order valence-electron chi connectivity index (χ0n) is 25.2. The Morgan fingerprint density at radius 2 is 1.71 bits per heavy atom. The van der Waals surface area contributed by atoms with E-state index in [0.717, 1.165) is 88.8 Å². The third-order valence-electron chi connectivity index (χ3n) is 9.76. The minimum Gasteiger partial charge on any atom is -0.481 e. The van der Waals surface area contributed by atoms with Gasteiger partial charge in [0.15, 0.2) is 5.75 Å². The first-order chi connectivity index (χ1) is 21.8. The maximum absolute atomic E-state index is 11.2. The largest absolute Gasteiger partial charge is 0.481 e. The number of likely N-dealkylation sites (tertiary alicyclic amines) is 2. The van der Waals surface area contributed by atoms with Crippen LogP contribution in [0.5, 0.6) is 11.6 Å². The summed E-state index contributed by atoms with van der Waals surface area (Å²) in [7, 11) is 0. The van der Waals surface area contributed by atoms with Gasteiger partial charge in [0.05, 0.1) is 37.3 Å². The first-order valence-electron chi connectivity index (χ1n) is 15.8. The summed E-state index contributed by atoms with van der Waals surface area (Å²) in [5.74, 6) is 1.17. The van der Waals surface area contributed by atoms with Crippen molar-refractivity contribution in [3.63, 3.8) is 0 Å². The summed E-state index contributed by atoms with van der Waals surface area (Å²) >= 11 is 12.7. The van der Waals surface area contributed by atoms with Crippen molar-refractivity contribution < 1.29 is 19.4 Å². The van der Waals surface area contributed by atoms with Gasteiger partial charge in [-0.15, -0.1) is 0 Å². The number of carboxylic acid groups (broad SMARTS) is 1. The number of halogens is 2. The summed E-state index contributed by atoms with van der Waals surface area (Å²) in [6.45, 7) is 8.31. The molecular weight excluding hydrogens is 615 g/mol. The number of hydrogen-bond acceptors (Lipinski definition) is 9. The maximum Gasteiger partial charge on any atom is 0.303 e. The first kappa shape index (κ1) is 30.6. The Labute approximate surface area is 273 Å². The lowest BCUT2D eigenvalue weighted by Gasteiger charge is -2.35. The molecule has 4 saturated heterocycles. The van der Waals surface area contributed by atoms with E-state index in [-0.39, 0.29) is 12.3 Å². The van der Waals surface area contributed by atoms with Gasteiger partial charge >= 0.3 is 5.97 Å². The van der Waals surface area contributed by atoms with Gasteiger partial charge in [0.1, 0.15) is 0 Å². The normalized spacial score (nSPS) is 23.1. The minimum absolute atomic E-state index is 0.226. The molecule has 0 amide bonds. The third kappa shape index (κ3) is 7.20. The van der Waals surface area contributed by atoms with Crippen LogP contribution in [0, 0.1) is 11.3 Å². The number of aliphatic carboxylic acids is 1. The van der Waals surface area contributed by atoms with Gasteiger partial charge in [0.25, 0.3) is 0 Å². The summed E-state index contributed by atoms with van der Waals surface area (Å²) < 4.78 is 11.7. The molecule has 4 aliphatic heterocycles. The average molecular weight is 654 g/mol. The second kappa shape index (κ2) is 13.0. The molecule has 0 bridgehead atoms. The second-order valence-corrected chi connectivity index (χ2v) is 14.0. The molecule has 0 aliphatic carbocycles. The summed E-state index contributed by atoms with van der Waals surface area (Å²) in [5, 5.41) is 10.2. The molecule has 0 radical (unpaired) electrons. The van der Waals surface area contributed by atoms with Gasteiger partial charge in [-0.25, -0.2) is 15.0 Å². The van der Waals surface area contributed by atoms with Crippen molar-refractivity contribution in [3.05, 3.63) is 58.3 Å². The lowest BCUT2D eigenvalue weighted by molar-refractivity contribution is -0.138.